The fourth-order valence-corrected chi connectivity index (χ4v) is 6.04. The highest BCUT2D eigenvalue weighted by Crippen LogP contribution is 2.45. The lowest BCUT2D eigenvalue weighted by atomic mass is 9.89. The molecule has 3 aromatic heterocycles. The standard InChI is InChI=1S/C40H36FN9O4/c1-25(22-49(3)50(24-51)32-16-12-28(41)13-17-32)37(52)44-31-14-18-33(19-15-31)53-38-35-34(26-8-7-9-29(42)20-26)36(27-21-43-48(2)23-27)54-39(35)47-40(46-38)45-30-10-5-4-6-11-30/h4-7,9-24,26H,8,42H2,1-3H3,(H,44,52)(H,45,46,47)/b25-22+. The summed E-state index contributed by atoms with van der Waals surface area (Å²) in [6, 6.07) is 21.8. The molecule has 0 spiro atoms. The van der Waals surface area contributed by atoms with Crippen molar-refractivity contribution in [3.8, 4) is 23.0 Å². The molecule has 2 amide bonds. The van der Waals surface area contributed by atoms with Crippen LogP contribution in [-0.4, -0.2) is 44.1 Å². The van der Waals surface area contributed by atoms with Gasteiger partial charge in [0.1, 0.15) is 22.7 Å². The van der Waals surface area contributed by atoms with Crippen LogP contribution in [0.4, 0.5) is 27.4 Å². The normalized spacial score (nSPS) is 14.0. The van der Waals surface area contributed by atoms with Gasteiger partial charge in [0.05, 0.1) is 17.4 Å². The van der Waals surface area contributed by atoms with Crippen molar-refractivity contribution in [2.24, 2.45) is 12.8 Å². The van der Waals surface area contributed by atoms with Crippen LogP contribution < -0.4 is 26.1 Å². The van der Waals surface area contributed by atoms with Gasteiger partial charge in [0.25, 0.3) is 5.91 Å². The lowest BCUT2D eigenvalue weighted by Gasteiger charge is -2.27. The molecule has 3 heterocycles. The zero-order valence-corrected chi connectivity index (χ0v) is 29.6. The van der Waals surface area contributed by atoms with E-state index in [0.717, 1.165) is 16.8 Å². The number of anilines is 4. The van der Waals surface area contributed by atoms with E-state index in [0.29, 0.717) is 58.1 Å². The number of carbonyl (C=O) groups is 2. The van der Waals surface area contributed by atoms with E-state index in [1.807, 2.05) is 61.8 Å². The predicted molar refractivity (Wildman–Crippen MR) is 204 cm³/mol. The van der Waals surface area contributed by atoms with Crippen molar-refractivity contribution in [2.45, 2.75) is 19.3 Å². The molecule has 272 valence electrons. The molecule has 54 heavy (non-hydrogen) atoms. The molecular weight excluding hydrogens is 689 g/mol. The first-order valence-electron chi connectivity index (χ1n) is 16.9. The summed E-state index contributed by atoms with van der Waals surface area (Å²) < 4.78 is 28.1. The number of aryl methyl sites for hydroxylation is 1. The van der Waals surface area contributed by atoms with Crippen LogP contribution in [0.3, 0.4) is 0 Å². The SMILES string of the molecule is C/C(=C\N(C)N(C=O)c1ccc(F)cc1)C(=O)Nc1ccc(Oc2nc(Nc3ccccc3)nc3oc(-c4cnn(C)c4)c(C4C=C(N)C=CC4)c23)cc1. The molecule has 3 aromatic carbocycles. The number of halogens is 1. The molecular formula is C40H36FN9O4. The molecule has 0 bridgehead atoms. The van der Waals surface area contributed by atoms with Gasteiger partial charge in [0.2, 0.25) is 24.0 Å². The third-order valence-electron chi connectivity index (χ3n) is 8.61. The third kappa shape index (κ3) is 7.67. The number of fused-ring (bicyclic) bond motifs is 1. The fourth-order valence-electron chi connectivity index (χ4n) is 6.04. The molecule has 0 saturated heterocycles. The summed E-state index contributed by atoms with van der Waals surface area (Å²) in [5, 5.41) is 13.7. The maximum absolute atomic E-state index is 13.4. The molecule has 7 rings (SSSR count). The fraction of sp³-hybridized carbons (Fsp3) is 0.125. The van der Waals surface area contributed by atoms with E-state index >= 15 is 0 Å². The Hall–Kier alpha value is -7.22. The molecule has 0 fully saturated rings. The van der Waals surface area contributed by atoms with E-state index in [1.165, 1.54) is 40.5 Å². The summed E-state index contributed by atoms with van der Waals surface area (Å²) in [5.74, 6) is 0.574. The molecule has 0 aliphatic heterocycles. The highest BCUT2D eigenvalue weighted by Gasteiger charge is 2.29. The highest BCUT2D eigenvalue weighted by atomic mass is 19.1. The number of furan rings is 1. The van der Waals surface area contributed by atoms with Crippen molar-refractivity contribution in [1.82, 2.24) is 24.8 Å². The number of amides is 2. The number of hydrogen-bond donors (Lipinski definition) is 3. The van der Waals surface area contributed by atoms with Crippen LogP contribution in [0.15, 0.2) is 131 Å². The molecule has 1 aliphatic carbocycles. The smallest absolute Gasteiger partial charge is 0.252 e. The molecule has 1 atom stereocenters. The van der Waals surface area contributed by atoms with Gasteiger partial charge in [-0.2, -0.15) is 15.1 Å². The van der Waals surface area contributed by atoms with Gasteiger partial charge >= 0.3 is 0 Å². The van der Waals surface area contributed by atoms with Gasteiger partial charge in [-0.25, -0.2) is 9.40 Å². The first kappa shape index (κ1) is 35.2. The van der Waals surface area contributed by atoms with Crippen LogP contribution in [0.25, 0.3) is 22.4 Å². The quantitative estimate of drug-likeness (QED) is 0.0655. The molecule has 1 aliphatic rings. The topological polar surface area (TPSA) is 157 Å². The number of ether oxygens (including phenoxy) is 1. The van der Waals surface area contributed by atoms with Crippen molar-refractivity contribution in [3.05, 3.63) is 138 Å². The second-order valence-corrected chi connectivity index (χ2v) is 12.6. The molecule has 0 saturated carbocycles. The number of aromatic nitrogens is 4. The Morgan fingerprint density at radius 2 is 1.81 bits per heavy atom. The Morgan fingerprint density at radius 1 is 1.06 bits per heavy atom. The predicted octanol–water partition coefficient (Wildman–Crippen LogP) is 7.54. The first-order valence-corrected chi connectivity index (χ1v) is 16.9. The number of hydrogen-bond acceptors (Lipinski definition) is 10. The van der Waals surface area contributed by atoms with Crippen LogP contribution >= 0.6 is 0 Å². The number of nitrogens with zero attached hydrogens (tertiary/aromatic N) is 6. The van der Waals surface area contributed by atoms with Crippen molar-refractivity contribution in [2.75, 3.05) is 22.7 Å². The maximum Gasteiger partial charge on any atom is 0.252 e. The van der Waals surface area contributed by atoms with E-state index in [9.17, 15) is 14.0 Å². The lowest BCUT2D eigenvalue weighted by molar-refractivity contribution is -0.113. The van der Waals surface area contributed by atoms with E-state index < -0.39 is 11.7 Å². The van der Waals surface area contributed by atoms with E-state index in [4.69, 9.17) is 24.9 Å². The van der Waals surface area contributed by atoms with Crippen LogP contribution in [-0.2, 0) is 16.6 Å². The van der Waals surface area contributed by atoms with Crippen molar-refractivity contribution < 1.29 is 23.1 Å². The van der Waals surface area contributed by atoms with Gasteiger partial charge in [-0.1, -0.05) is 30.4 Å². The minimum atomic E-state index is -0.425. The molecule has 0 radical (unpaired) electrons. The van der Waals surface area contributed by atoms with Gasteiger partial charge < -0.3 is 25.5 Å². The van der Waals surface area contributed by atoms with Gasteiger partial charge in [0, 0.05) is 60.6 Å². The summed E-state index contributed by atoms with van der Waals surface area (Å²) in [5.41, 5.74) is 10.8. The van der Waals surface area contributed by atoms with E-state index in [2.05, 4.69) is 15.7 Å². The molecule has 1 unspecified atom stereocenters. The maximum atomic E-state index is 13.4. The van der Waals surface area contributed by atoms with E-state index in [-0.39, 0.29) is 17.7 Å². The summed E-state index contributed by atoms with van der Waals surface area (Å²) in [6.07, 6.45) is 12.2. The van der Waals surface area contributed by atoms with Gasteiger partial charge in [-0.3, -0.25) is 19.3 Å². The highest BCUT2D eigenvalue weighted by molar-refractivity contribution is 6.03. The number of nitrogens with one attached hydrogen (secondary N) is 2. The second kappa shape index (κ2) is 15.2. The van der Waals surface area contributed by atoms with Crippen LogP contribution in [0.5, 0.6) is 11.6 Å². The number of benzene rings is 3. The average molecular weight is 726 g/mol. The van der Waals surface area contributed by atoms with Crippen LogP contribution in [0, 0.1) is 5.82 Å². The Kier molecular flexibility index (Phi) is 9.89. The molecule has 4 N–H and O–H groups in total. The number of hydrazine groups is 1. The van der Waals surface area contributed by atoms with Crippen molar-refractivity contribution >= 4 is 46.4 Å². The van der Waals surface area contributed by atoms with E-state index in [1.54, 1.807) is 49.1 Å². The monoisotopic (exact) mass is 725 g/mol. The minimum Gasteiger partial charge on any atom is -0.438 e. The molecule has 6 aromatic rings. The number of allylic oxidation sites excluding steroid dienone is 3. The molecule has 14 heteroatoms. The van der Waals surface area contributed by atoms with Gasteiger partial charge in [-0.05, 0) is 80.1 Å². The summed E-state index contributed by atoms with van der Waals surface area (Å²) in [4.78, 5) is 34.5. The summed E-state index contributed by atoms with van der Waals surface area (Å²) in [7, 11) is 3.44. The first-order chi connectivity index (χ1) is 26.1. The van der Waals surface area contributed by atoms with Gasteiger partial charge in [-0.15, -0.1) is 0 Å². The van der Waals surface area contributed by atoms with Gasteiger partial charge in [0.15, 0.2) is 0 Å². The van der Waals surface area contributed by atoms with Crippen LogP contribution in [0.2, 0.25) is 0 Å². The zero-order chi connectivity index (χ0) is 37.8. The Morgan fingerprint density at radius 3 is 2.50 bits per heavy atom. The number of para-hydroxylation sites is 1. The number of carbonyl (C=O) groups excluding carboxylic acids is 2. The number of rotatable bonds is 12. The third-order valence-corrected chi connectivity index (χ3v) is 8.61. The largest absolute Gasteiger partial charge is 0.438 e. The van der Waals surface area contributed by atoms with Crippen molar-refractivity contribution in [3.63, 3.8) is 0 Å². The summed E-state index contributed by atoms with van der Waals surface area (Å²) in [6.45, 7) is 1.62. The average Bonchev–Trinajstić information content (AvgIpc) is 3.77. The second-order valence-electron chi connectivity index (χ2n) is 12.6. The van der Waals surface area contributed by atoms with Crippen LogP contribution in [0.1, 0.15) is 24.8 Å². The lowest BCUT2D eigenvalue weighted by Crippen LogP contribution is -2.35. The van der Waals surface area contributed by atoms with Crippen molar-refractivity contribution in [1.29, 1.82) is 0 Å². The molecule has 13 nitrogen and oxygen atoms in total. The Balaban J connectivity index is 1.18. The Bertz CT molecular complexity index is 2400. The Labute approximate surface area is 309 Å². The minimum absolute atomic E-state index is 0.160. The zero-order valence-electron chi connectivity index (χ0n) is 29.6. The summed E-state index contributed by atoms with van der Waals surface area (Å²) >= 11 is 0. The number of nitrogens with two attached hydrogens (primary N) is 1.